The van der Waals surface area contributed by atoms with Crippen molar-refractivity contribution in [2.75, 3.05) is 51.7 Å². The van der Waals surface area contributed by atoms with Gasteiger partial charge < -0.3 is 24.9 Å². The normalized spacial score (nSPS) is 28.6. The third kappa shape index (κ3) is 4.98. The molecule has 7 rings (SSSR count). The molecule has 35 heavy (non-hydrogen) atoms. The highest BCUT2D eigenvalue weighted by Gasteiger charge is 2.42. The fraction of sp³-hybridized carbons (Fsp3) is 0.583. The maximum atomic E-state index is 13.3. The van der Waals surface area contributed by atoms with E-state index < -0.39 is 0 Å². The molecule has 0 spiro atoms. The second-order valence-electron chi connectivity index (χ2n) is 9.68. The molecule has 2 N–H and O–H groups in total. The average molecular weight is 504 g/mol. The summed E-state index contributed by atoms with van der Waals surface area (Å²) in [4.78, 5) is 39.5. The number of carbonyl (C=O) groups excluding carboxylic acids is 1. The largest absolute Gasteiger partial charge is 0.483 e. The molecule has 0 radical (unpaired) electrons. The van der Waals surface area contributed by atoms with Crippen molar-refractivity contribution in [3.63, 3.8) is 0 Å². The lowest BCUT2D eigenvalue weighted by Crippen LogP contribution is -2.57. The number of rotatable bonds is 3. The number of amides is 1. The zero-order valence-corrected chi connectivity index (χ0v) is 20.9. The Balaban J connectivity index is 0.000000440. The number of fused-ring (bicyclic) bond motifs is 6. The maximum Gasteiger partial charge on any atom is 0.290 e. The molecule has 5 fully saturated rings. The SMILES string of the molecule is CN1C[C@@H]2C[C@H]1CN2c1ccc2c(C(=O)N(C)[C@@H]3CN4CCC3CC4)nsc2c1.O=CO.O=CO. The van der Waals surface area contributed by atoms with Crippen LogP contribution in [-0.2, 0) is 9.59 Å². The van der Waals surface area contributed by atoms with Crippen molar-refractivity contribution in [3.05, 3.63) is 23.9 Å². The minimum absolute atomic E-state index is 0.0876. The molecule has 5 aliphatic rings. The Kier molecular flexibility index (Phi) is 7.88. The summed E-state index contributed by atoms with van der Waals surface area (Å²) in [7, 11) is 4.21. The van der Waals surface area contributed by atoms with Gasteiger partial charge in [0.05, 0.1) is 4.70 Å². The molecular weight excluding hydrogens is 470 g/mol. The first kappa shape index (κ1) is 25.3. The van der Waals surface area contributed by atoms with Gasteiger partial charge >= 0.3 is 0 Å². The number of benzene rings is 1. The van der Waals surface area contributed by atoms with Crippen molar-refractivity contribution in [1.29, 1.82) is 0 Å². The average Bonchev–Trinajstić information content (AvgIpc) is 3.58. The fourth-order valence-corrected chi connectivity index (χ4v) is 6.93. The van der Waals surface area contributed by atoms with E-state index >= 15 is 0 Å². The van der Waals surface area contributed by atoms with Gasteiger partial charge in [0.1, 0.15) is 5.69 Å². The van der Waals surface area contributed by atoms with Crippen LogP contribution in [0.2, 0.25) is 0 Å². The first-order chi connectivity index (χ1) is 16.9. The Morgan fingerprint density at radius 3 is 2.34 bits per heavy atom. The van der Waals surface area contributed by atoms with Crippen molar-refractivity contribution < 1.29 is 24.6 Å². The molecule has 3 atom stereocenters. The third-order valence-electron chi connectivity index (χ3n) is 7.94. The van der Waals surface area contributed by atoms with Crippen molar-refractivity contribution >= 4 is 46.2 Å². The van der Waals surface area contributed by atoms with Crippen molar-refractivity contribution in [3.8, 4) is 0 Å². The highest BCUT2D eigenvalue weighted by Crippen LogP contribution is 2.37. The van der Waals surface area contributed by atoms with Crippen LogP contribution in [0.1, 0.15) is 29.8 Å². The highest BCUT2D eigenvalue weighted by molar-refractivity contribution is 7.13. The second-order valence-corrected chi connectivity index (χ2v) is 10.5. The van der Waals surface area contributed by atoms with Crippen LogP contribution in [0.25, 0.3) is 10.1 Å². The number of anilines is 1. The van der Waals surface area contributed by atoms with Gasteiger partial charge in [0.25, 0.3) is 18.9 Å². The minimum Gasteiger partial charge on any atom is -0.483 e. The van der Waals surface area contributed by atoms with Crippen LogP contribution in [0.15, 0.2) is 18.2 Å². The molecule has 0 saturated carbocycles. The zero-order chi connectivity index (χ0) is 25.1. The Morgan fingerprint density at radius 2 is 1.80 bits per heavy atom. The zero-order valence-electron chi connectivity index (χ0n) is 20.1. The first-order valence-electron chi connectivity index (χ1n) is 11.9. The summed E-state index contributed by atoms with van der Waals surface area (Å²) in [6, 6.07) is 8.21. The van der Waals surface area contributed by atoms with Crippen molar-refractivity contribution in [1.82, 2.24) is 19.1 Å². The Morgan fingerprint density at radius 1 is 1.11 bits per heavy atom. The topological polar surface area (TPSA) is 118 Å². The van der Waals surface area contributed by atoms with Gasteiger partial charge in [0.2, 0.25) is 0 Å². The summed E-state index contributed by atoms with van der Waals surface area (Å²) in [5.41, 5.74) is 1.92. The molecule has 10 nitrogen and oxygen atoms in total. The molecule has 4 bridgehead atoms. The Bertz CT molecular complexity index is 1050. The van der Waals surface area contributed by atoms with Crippen LogP contribution < -0.4 is 4.90 Å². The Hall–Kier alpha value is -2.76. The first-order valence-corrected chi connectivity index (χ1v) is 12.7. The number of carbonyl (C=O) groups is 3. The molecule has 5 saturated heterocycles. The van der Waals surface area contributed by atoms with Gasteiger partial charge in [-0.3, -0.25) is 19.3 Å². The third-order valence-corrected chi connectivity index (χ3v) is 8.75. The van der Waals surface area contributed by atoms with Crippen LogP contribution in [0.3, 0.4) is 0 Å². The lowest BCUT2D eigenvalue weighted by molar-refractivity contribution is -0.123. The summed E-state index contributed by atoms with van der Waals surface area (Å²) in [5.74, 6) is 0.735. The molecule has 6 heterocycles. The highest BCUT2D eigenvalue weighted by atomic mass is 32.1. The number of hydrogen-bond acceptors (Lipinski definition) is 8. The quantitative estimate of drug-likeness (QED) is 0.604. The lowest BCUT2D eigenvalue weighted by Gasteiger charge is -2.47. The number of likely N-dealkylation sites (tertiary alicyclic amines) is 1. The van der Waals surface area contributed by atoms with Gasteiger partial charge in [-0.15, -0.1) is 0 Å². The van der Waals surface area contributed by atoms with E-state index in [0.717, 1.165) is 29.7 Å². The predicted molar refractivity (Wildman–Crippen MR) is 134 cm³/mol. The maximum absolute atomic E-state index is 13.3. The Labute approximate surface area is 208 Å². The van der Waals surface area contributed by atoms with E-state index in [2.05, 4.69) is 44.3 Å². The summed E-state index contributed by atoms with van der Waals surface area (Å²) in [5, 5.41) is 14.8. The van der Waals surface area contributed by atoms with Crippen LogP contribution in [0.4, 0.5) is 5.69 Å². The van der Waals surface area contributed by atoms with E-state index in [0.29, 0.717) is 29.7 Å². The van der Waals surface area contributed by atoms with E-state index in [4.69, 9.17) is 19.8 Å². The van der Waals surface area contributed by atoms with Crippen molar-refractivity contribution in [2.24, 2.45) is 5.92 Å². The molecule has 190 valence electrons. The number of nitrogens with zero attached hydrogens (tertiary/aromatic N) is 5. The summed E-state index contributed by atoms with van der Waals surface area (Å²) >= 11 is 1.47. The van der Waals surface area contributed by atoms with E-state index in [1.165, 1.54) is 49.6 Å². The standard InChI is InChI=1S/C22H29N5OS.2CH2O2/c1-24-11-17-9-16(24)12-27(17)15-3-4-18-20(10-15)29-23-21(18)22(28)25(2)19-13-26-7-5-14(19)6-8-26;2*2-1-3/h3-4,10,14,16-17,19H,5-9,11-13H2,1-2H3;2*1H,(H,2,3)/t16-,17-,19+;;/m0../s1. The number of hydrogen-bond donors (Lipinski definition) is 2. The number of piperazine rings is 1. The van der Waals surface area contributed by atoms with Crippen LogP contribution in [-0.4, -0.2) is 113 Å². The van der Waals surface area contributed by atoms with Gasteiger partial charge in [-0.25, -0.2) is 0 Å². The molecule has 1 amide bonds. The van der Waals surface area contributed by atoms with Gasteiger partial charge in [0, 0.05) is 55.9 Å². The second kappa shape index (κ2) is 10.9. The number of aromatic nitrogens is 1. The fourth-order valence-electron chi connectivity index (χ4n) is 6.13. The van der Waals surface area contributed by atoms with Gasteiger partial charge in [-0.1, -0.05) is 0 Å². The predicted octanol–water partition coefficient (Wildman–Crippen LogP) is 1.76. The molecular formula is C24H33N5O5S. The van der Waals surface area contributed by atoms with Crippen LogP contribution in [0, 0.1) is 5.92 Å². The lowest BCUT2D eigenvalue weighted by atomic mass is 9.83. The number of piperidine rings is 3. The monoisotopic (exact) mass is 503 g/mol. The summed E-state index contributed by atoms with van der Waals surface area (Å²) < 4.78 is 5.74. The number of likely N-dealkylation sites (N-methyl/N-ethyl adjacent to an activating group) is 2. The molecule has 0 aliphatic carbocycles. The molecule has 2 aromatic rings. The summed E-state index contributed by atoms with van der Waals surface area (Å²) in [6.07, 6.45) is 3.71. The summed E-state index contributed by atoms with van der Waals surface area (Å²) in [6.45, 7) is 5.17. The van der Waals surface area contributed by atoms with Gasteiger partial charge in [-0.2, -0.15) is 4.37 Å². The van der Waals surface area contributed by atoms with E-state index in [9.17, 15) is 4.79 Å². The molecule has 5 aliphatic heterocycles. The van der Waals surface area contributed by atoms with E-state index in [1.807, 2.05) is 11.9 Å². The smallest absolute Gasteiger partial charge is 0.290 e. The molecule has 1 aromatic heterocycles. The van der Waals surface area contributed by atoms with Gasteiger partial charge in [0.15, 0.2) is 0 Å². The number of carboxylic acid groups (broad SMARTS) is 2. The molecule has 11 heteroatoms. The molecule has 0 unspecified atom stereocenters. The van der Waals surface area contributed by atoms with Crippen LogP contribution >= 0.6 is 11.5 Å². The van der Waals surface area contributed by atoms with Crippen molar-refractivity contribution in [2.45, 2.75) is 37.4 Å². The van der Waals surface area contributed by atoms with E-state index in [-0.39, 0.29) is 18.9 Å². The molecule has 1 aromatic carbocycles. The van der Waals surface area contributed by atoms with E-state index in [1.54, 1.807) is 0 Å². The van der Waals surface area contributed by atoms with Crippen LogP contribution in [0.5, 0.6) is 0 Å². The minimum atomic E-state index is -0.250. The van der Waals surface area contributed by atoms with Gasteiger partial charge in [-0.05, 0) is 75.0 Å².